The molecule has 2 aromatic carbocycles. The molecular formula is C24H24FN3O4. The summed E-state index contributed by atoms with van der Waals surface area (Å²) >= 11 is 0. The van der Waals surface area contributed by atoms with Crippen LogP contribution in [0.3, 0.4) is 0 Å². The van der Waals surface area contributed by atoms with Gasteiger partial charge in [0.2, 0.25) is 5.88 Å². The molecule has 166 valence electrons. The fourth-order valence-electron chi connectivity index (χ4n) is 2.65. The van der Waals surface area contributed by atoms with Crippen LogP contribution in [0.5, 0.6) is 11.6 Å². The van der Waals surface area contributed by atoms with Gasteiger partial charge in [-0.25, -0.2) is 14.2 Å². The molecule has 0 radical (unpaired) electrons. The maximum absolute atomic E-state index is 13.0. The van der Waals surface area contributed by atoms with Crippen molar-refractivity contribution >= 4 is 17.7 Å². The Bertz CT molecular complexity index is 1080. The molecule has 0 aliphatic heterocycles. The maximum atomic E-state index is 13.0. The second kappa shape index (κ2) is 9.91. The van der Waals surface area contributed by atoms with Gasteiger partial charge in [-0.15, -0.1) is 0 Å². The number of hydrogen-bond acceptors (Lipinski definition) is 5. The monoisotopic (exact) mass is 437 g/mol. The maximum Gasteiger partial charge on any atom is 0.412 e. The van der Waals surface area contributed by atoms with Gasteiger partial charge in [0.1, 0.15) is 17.2 Å². The smallest absolute Gasteiger partial charge is 0.412 e. The van der Waals surface area contributed by atoms with Crippen molar-refractivity contribution in [3.63, 3.8) is 0 Å². The number of halogens is 1. The minimum absolute atomic E-state index is 0.263. The summed E-state index contributed by atoms with van der Waals surface area (Å²) in [5.41, 5.74) is 1.15. The molecule has 2 N–H and O–H groups in total. The van der Waals surface area contributed by atoms with Gasteiger partial charge in [0, 0.05) is 30.1 Å². The lowest BCUT2D eigenvalue weighted by Crippen LogP contribution is -2.27. The predicted octanol–water partition coefficient (Wildman–Crippen LogP) is 5.29. The van der Waals surface area contributed by atoms with E-state index in [1.807, 2.05) is 0 Å². The Hall–Kier alpha value is -3.94. The van der Waals surface area contributed by atoms with Crippen molar-refractivity contribution < 1.29 is 23.5 Å². The number of amides is 2. The highest BCUT2D eigenvalue weighted by Crippen LogP contribution is 2.20. The number of carbonyl (C=O) groups is 2. The number of benzene rings is 2. The van der Waals surface area contributed by atoms with Gasteiger partial charge in [-0.2, -0.15) is 0 Å². The fraction of sp³-hybridized carbons (Fsp3) is 0.208. The second-order valence-electron chi connectivity index (χ2n) is 7.95. The molecule has 2 amide bonds. The molecule has 3 aromatic rings. The molecule has 0 bridgehead atoms. The molecule has 0 spiro atoms. The fourth-order valence-corrected chi connectivity index (χ4v) is 2.65. The lowest BCUT2D eigenvalue weighted by Gasteiger charge is -2.19. The van der Waals surface area contributed by atoms with E-state index in [2.05, 4.69) is 15.6 Å². The van der Waals surface area contributed by atoms with E-state index in [-0.39, 0.29) is 18.3 Å². The summed E-state index contributed by atoms with van der Waals surface area (Å²) in [7, 11) is 0. The number of anilines is 1. The SMILES string of the molecule is CC(C)(C)OC(=O)Nc1ccc(C(=O)NCc2ccnc(Oc3ccc(F)cc3)c2)cc1. The van der Waals surface area contributed by atoms with Crippen LogP contribution < -0.4 is 15.4 Å². The zero-order valence-electron chi connectivity index (χ0n) is 18.0. The Kier molecular flexibility index (Phi) is 7.04. The summed E-state index contributed by atoms with van der Waals surface area (Å²) in [6.07, 6.45) is 1.00. The second-order valence-corrected chi connectivity index (χ2v) is 7.95. The number of carbonyl (C=O) groups excluding carboxylic acids is 2. The van der Waals surface area contributed by atoms with E-state index in [1.54, 1.807) is 63.4 Å². The van der Waals surface area contributed by atoms with Crippen molar-refractivity contribution in [3.8, 4) is 11.6 Å². The van der Waals surface area contributed by atoms with Gasteiger partial charge < -0.3 is 14.8 Å². The number of hydrogen-bond donors (Lipinski definition) is 2. The highest BCUT2D eigenvalue weighted by molar-refractivity contribution is 5.95. The standard InChI is InChI=1S/C24H24FN3O4/c1-24(2,3)32-23(30)28-19-8-4-17(5-9-19)22(29)27-15-16-12-13-26-21(14-16)31-20-10-6-18(25)7-11-20/h4-14H,15H2,1-3H3,(H,27,29)(H,28,30). The Morgan fingerprint density at radius 2 is 1.69 bits per heavy atom. The number of aromatic nitrogens is 1. The van der Waals surface area contributed by atoms with Crippen LogP contribution >= 0.6 is 0 Å². The van der Waals surface area contributed by atoms with E-state index in [4.69, 9.17) is 9.47 Å². The first-order valence-electron chi connectivity index (χ1n) is 9.94. The highest BCUT2D eigenvalue weighted by atomic mass is 19.1. The van der Waals surface area contributed by atoms with Gasteiger partial charge in [0.25, 0.3) is 5.91 Å². The number of nitrogens with zero attached hydrogens (tertiary/aromatic N) is 1. The van der Waals surface area contributed by atoms with E-state index >= 15 is 0 Å². The third-order valence-corrected chi connectivity index (χ3v) is 4.08. The largest absolute Gasteiger partial charge is 0.444 e. The molecule has 1 aromatic heterocycles. The van der Waals surface area contributed by atoms with Gasteiger partial charge in [-0.3, -0.25) is 10.1 Å². The average Bonchev–Trinajstić information content (AvgIpc) is 2.73. The number of ether oxygens (including phenoxy) is 2. The van der Waals surface area contributed by atoms with Crippen LogP contribution in [0, 0.1) is 5.82 Å². The van der Waals surface area contributed by atoms with Gasteiger partial charge in [0.15, 0.2) is 0 Å². The van der Waals surface area contributed by atoms with Crippen molar-refractivity contribution in [2.24, 2.45) is 0 Å². The summed E-state index contributed by atoms with van der Waals surface area (Å²) in [4.78, 5) is 28.4. The van der Waals surface area contributed by atoms with E-state index in [0.29, 0.717) is 22.9 Å². The minimum atomic E-state index is -0.596. The molecule has 8 heteroatoms. The molecule has 7 nitrogen and oxygen atoms in total. The minimum Gasteiger partial charge on any atom is -0.444 e. The van der Waals surface area contributed by atoms with E-state index in [1.165, 1.54) is 24.3 Å². The number of nitrogens with one attached hydrogen (secondary N) is 2. The molecule has 0 atom stereocenters. The van der Waals surface area contributed by atoms with E-state index in [0.717, 1.165) is 5.56 Å². The van der Waals surface area contributed by atoms with Gasteiger partial charge in [0.05, 0.1) is 0 Å². The van der Waals surface area contributed by atoms with Crippen LogP contribution in [-0.2, 0) is 11.3 Å². The molecule has 0 fully saturated rings. The summed E-state index contributed by atoms with van der Waals surface area (Å²) in [6, 6.07) is 15.5. The lowest BCUT2D eigenvalue weighted by atomic mass is 10.2. The average molecular weight is 437 g/mol. The molecule has 0 aliphatic rings. The van der Waals surface area contributed by atoms with Gasteiger partial charge >= 0.3 is 6.09 Å². The van der Waals surface area contributed by atoms with Crippen LogP contribution in [0.4, 0.5) is 14.9 Å². The number of rotatable bonds is 6. The van der Waals surface area contributed by atoms with E-state index < -0.39 is 11.7 Å². The first-order chi connectivity index (χ1) is 15.2. The predicted molar refractivity (Wildman–Crippen MR) is 118 cm³/mol. The third-order valence-electron chi connectivity index (χ3n) is 4.08. The normalized spacial score (nSPS) is 10.9. The highest BCUT2D eigenvalue weighted by Gasteiger charge is 2.16. The van der Waals surface area contributed by atoms with Crippen molar-refractivity contribution in [2.45, 2.75) is 32.9 Å². The topological polar surface area (TPSA) is 89.5 Å². The summed E-state index contributed by atoms with van der Waals surface area (Å²) in [6.45, 7) is 5.60. The third kappa shape index (κ3) is 7.09. The molecule has 0 unspecified atom stereocenters. The van der Waals surface area contributed by atoms with Crippen LogP contribution in [0.25, 0.3) is 0 Å². The molecular weight excluding hydrogens is 413 g/mol. The Balaban J connectivity index is 1.54. The van der Waals surface area contributed by atoms with Gasteiger partial charge in [-0.1, -0.05) is 0 Å². The lowest BCUT2D eigenvalue weighted by molar-refractivity contribution is 0.0635. The zero-order chi connectivity index (χ0) is 23.1. The quantitative estimate of drug-likeness (QED) is 0.547. The van der Waals surface area contributed by atoms with Crippen LogP contribution in [-0.4, -0.2) is 22.6 Å². The van der Waals surface area contributed by atoms with Crippen molar-refractivity contribution in [3.05, 3.63) is 83.8 Å². The molecule has 0 saturated carbocycles. The van der Waals surface area contributed by atoms with E-state index in [9.17, 15) is 14.0 Å². The van der Waals surface area contributed by atoms with Gasteiger partial charge in [-0.05, 0) is 80.9 Å². The summed E-state index contributed by atoms with van der Waals surface area (Å²) < 4.78 is 23.8. The molecule has 0 saturated heterocycles. The Morgan fingerprint density at radius 1 is 1.00 bits per heavy atom. The molecule has 1 heterocycles. The molecule has 32 heavy (non-hydrogen) atoms. The van der Waals surface area contributed by atoms with Crippen molar-refractivity contribution in [2.75, 3.05) is 5.32 Å². The number of pyridine rings is 1. The Labute approximate surface area is 185 Å². The van der Waals surface area contributed by atoms with Crippen molar-refractivity contribution in [1.82, 2.24) is 10.3 Å². The van der Waals surface area contributed by atoms with Crippen LogP contribution in [0.1, 0.15) is 36.7 Å². The molecule has 0 aliphatic carbocycles. The molecule has 3 rings (SSSR count). The summed E-state index contributed by atoms with van der Waals surface area (Å²) in [5.74, 6) is 0.170. The van der Waals surface area contributed by atoms with Crippen molar-refractivity contribution in [1.29, 1.82) is 0 Å². The van der Waals surface area contributed by atoms with Crippen LogP contribution in [0.2, 0.25) is 0 Å². The Morgan fingerprint density at radius 3 is 2.34 bits per heavy atom. The summed E-state index contributed by atoms with van der Waals surface area (Å²) in [5, 5.41) is 5.44. The zero-order valence-corrected chi connectivity index (χ0v) is 18.0. The first kappa shape index (κ1) is 22.7. The van der Waals surface area contributed by atoms with Crippen LogP contribution in [0.15, 0.2) is 66.9 Å². The first-order valence-corrected chi connectivity index (χ1v) is 9.94.